The first-order valence-corrected chi connectivity index (χ1v) is 10.7. The Morgan fingerprint density at radius 3 is 2.66 bits per heavy atom. The Kier molecular flexibility index (Phi) is 5.01. The van der Waals surface area contributed by atoms with Gasteiger partial charge in [0.15, 0.2) is 0 Å². The van der Waals surface area contributed by atoms with Crippen LogP contribution in [0.4, 0.5) is 0 Å². The van der Waals surface area contributed by atoms with E-state index < -0.39 is 23.7 Å². The average molecular weight is 428 g/mol. The van der Waals surface area contributed by atoms with Crippen molar-refractivity contribution in [3.63, 3.8) is 0 Å². The van der Waals surface area contributed by atoms with E-state index in [4.69, 9.17) is 0 Å². The summed E-state index contributed by atoms with van der Waals surface area (Å²) in [5.41, 5.74) is 3.77. The smallest absolute Gasteiger partial charge is 0.291 e. The Balaban J connectivity index is 1.55. The topological polar surface area (TPSA) is 91.2 Å². The molecule has 1 aliphatic rings. The normalized spacial score (nSPS) is 18.7. The Hall–Kier alpha value is -3.87. The Morgan fingerprint density at radius 2 is 1.91 bits per heavy atom. The number of rotatable bonds is 6. The van der Waals surface area contributed by atoms with Crippen molar-refractivity contribution in [1.82, 2.24) is 19.4 Å². The van der Waals surface area contributed by atoms with E-state index in [-0.39, 0.29) is 5.75 Å². The zero-order chi connectivity index (χ0) is 22.2. The van der Waals surface area contributed by atoms with E-state index in [2.05, 4.69) is 16.0 Å². The molecule has 1 aliphatic heterocycles. The molecule has 3 heterocycles. The van der Waals surface area contributed by atoms with Crippen LogP contribution in [-0.2, 0) is 16.1 Å². The van der Waals surface area contributed by atoms with Gasteiger partial charge in [-0.3, -0.25) is 9.59 Å². The molecule has 0 bridgehead atoms. The van der Waals surface area contributed by atoms with Gasteiger partial charge < -0.3 is 19.6 Å². The summed E-state index contributed by atoms with van der Waals surface area (Å²) < 4.78 is 1.96. The van der Waals surface area contributed by atoms with E-state index in [0.29, 0.717) is 19.5 Å². The lowest BCUT2D eigenvalue weighted by Crippen LogP contribution is -2.31. The first-order chi connectivity index (χ1) is 15.5. The van der Waals surface area contributed by atoms with Crippen molar-refractivity contribution in [3.05, 3.63) is 84.1 Å². The second kappa shape index (κ2) is 8.00. The maximum atomic E-state index is 13.2. The van der Waals surface area contributed by atoms with Crippen LogP contribution in [0.3, 0.4) is 0 Å². The number of fused-ring (bicyclic) bond motifs is 1. The number of phenols is 1. The predicted octanol–water partition coefficient (Wildman–Crippen LogP) is 3.70. The van der Waals surface area contributed by atoms with Gasteiger partial charge in [0.1, 0.15) is 5.75 Å². The van der Waals surface area contributed by atoms with Crippen LogP contribution in [0.25, 0.3) is 10.9 Å². The molecule has 0 radical (unpaired) electrons. The largest absolute Gasteiger partial charge is 0.508 e. The van der Waals surface area contributed by atoms with Crippen molar-refractivity contribution in [2.75, 3.05) is 6.54 Å². The lowest BCUT2D eigenvalue weighted by molar-refractivity contribution is -0.140. The number of Topliss-reactive ketones (excluding diaryl/α,β-unsaturated/α-hetero) is 1. The molecule has 0 spiro atoms. The van der Waals surface area contributed by atoms with Crippen molar-refractivity contribution >= 4 is 22.6 Å². The van der Waals surface area contributed by atoms with Gasteiger partial charge in [-0.2, -0.15) is 0 Å². The molecule has 1 amide bonds. The zero-order valence-corrected chi connectivity index (χ0v) is 17.7. The van der Waals surface area contributed by atoms with Crippen molar-refractivity contribution in [3.8, 4) is 5.75 Å². The number of carbonyl (C=O) groups excluding carboxylic acids is 2. The molecular formula is C25H24N4O3. The van der Waals surface area contributed by atoms with Crippen molar-refractivity contribution in [2.24, 2.45) is 0 Å². The molecule has 2 unspecified atom stereocenters. The minimum absolute atomic E-state index is 0.127. The number of aromatic nitrogens is 3. The van der Waals surface area contributed by atoms with Gasteiger partial charge >= 0.3 is 0 Å². The van der Waals surface area contributed by atoms with Gasteiger partial charge in [-0.1, -0.05) is 24.3 Å². The molecule has 162 valence electrons. The first-order valence-electron chi connectivity index (χ1n) is 10.7. The molecule has 5 rings (SSSR count). The summed E-state index contributed by atoms with van der Waals surface area (Å²) in [6, 6.07) is 12.3. The standard InChI is InChI=1S/C25H24N4O3/c1-16-3-8-19-20(14-27-21(19)13-16)23-22(17-4-6-18(30)7-5-17)24(31)25(32)29(23)11-2-10-28-12-9-26-15-28/h3-9,12-15,22-23,27,30H,2,10-11H2,1H3. The second-order valence-electron chi connectivity index (χ2n) is 8.32. The lowest BCUT2D eigenvalue weighted by Gasteiger charge is -2.27. The fourth-order valence-electron chi connectivity index (χ4n) is 4.68. The fraction of sp³-hybridized carbons (Fsp3) is 0.240. The van der Waals surface area contributed by atoms with Gasteiger partial charge in [0.25, 0.3) is 5.91 Å². The first kappa shape index (κ1) is 20.1. The molecule has 1 fully saturated rings. The highest BCUT2D eigenvalue weighted by molar-refractivity contribution is 6.40. The van der Waals surface area contributed by atoms with Crippen LogP contribution in [0.2, 0.25) is 0 Å². The van der Waals surface area contributed by atoms with Gasteiger partial charge in [0, 0.05) is 48.1 Å². The van der Waals surface area contributed by atoms with Crippen LogP contribution in [-0.4, -0.2) is 42.8 Å². The molecule has 7 heteroatoms. The second-order valence-corrected chi connectivity index (χ2v) is 8.32. The van der Waals surface area contributed by atoms with Crippen molar-refractivity contribution in [1.29, 1.82) is 0 Å². The number of ketones is 1. The van der Waals surface area contributed by atoms with E-state index in [1.165, 1.54) is 0 Å². The molecule has 1 saturated heterocycles. The summed E-state index contributed by atoms with van der Waals surface area (Å²) in [5.74, 6) is -1.37. The van der Waals surface area contributed by atoms with Gasteiger partial charge in [-0.25, -0.2) is 4.98 Å². The average Bonchev–Trinajstić information content (AvgIpc) is 3.50. The lowest BCUT2D eigenvalue weighted by atomic mass is 9.86. The SMILES string of the molecule is Cc1ccc2c(C3C(c4ccc(O)cc4)C(=O)C(=O)N3CCCn3ccnc3)c[nH]c2c1. The number of amides is 1. The predicted molar refractivity (Wildman–Crippen MR) is 120 cm³/mol. The molecule has 2 N–H and O–H groups in total. The van der Waals surface area contributed by atoms with E-state index in [0.717, 1.165) is 27.6 Å². The number of aromatic hydroxyl groups is 1. The third-order valence-corrected chi connectivity index (χ3v) is 6.22. The molecule has 4 aromatic rings. The Bertz CT molecular complexity index is 1270. The van der Waals surface area contributed by atoms with Gasteiger partial charge in [-0.05, 0) is 42.7 Å². The highest BCUT2D eigenvalue weighted by Crippen LogP contribution is 2.45. The van der Waals surface area contributed by atoms with Crippen LogP contribution >= 0.6 is 0 Å². The molecular weight excluding hydrogens is 404 g/mol. The quantitative estimate of drug-likeness (QED) is 0.458. The number of aromatic amines is 1. The number of likely N-dealkylation sites (tertiary alicyclic amines) is 1. The summed E-state index contributed by atoms with van der Waals surface area (Å²) in [6.45, 7) is 3.20. The van der Waals surface area contributed by atoms with Crippen molar-refractivity contribution in [2.45, 2.75) is 31.8 Å². The molecule has 0 aliphatic carbocycles. The van der Waals surface area contributed by atoms with Gasteiger partial charge in [-0.15, -0.1) is 0 Å². The molecule has 32 heavy (non-hydrogen) atoms. The number of aryl methyl sites for hydroxylation is 2. The number of benzene rings is 2. The number of nitrogens with one attached hydrogen (secondary N) is 1. The van der Waals surface area contributed by atoms with Gasteiger partial charge in [0.2, 0.25) is 5.78 Å². The van der Waals surface area contributed by atoms with E-state index in [1.54, 1.807) is 41.7 Å². The van der Waals surface area contributed by atoms with Crippen LogP contribution < -0.4 is 0 Å². The van der Waals surface area contributed by atoms with E-state index >= 15 is 0 Å². The number of carbonyl (C=O) groups is 2. The van der Waals surface area contributed by atoms with Crippen LogP contribution in [0.5, 0.6) is 5.75 Å². The van der Waals surface area contributed by atoms with Crippen molar-refractivity contribution < 1.29 is 14.7 Å². The summed E-state index contributed by atoms with van der Waals surface area (Å²) in [5, 5.41) is 10.7. The third kappa shape index (κ3) is 3.45. The number of H-pyrrole nitrogens is 1. The Morgan fingerprint density at radius 1 is 1.09 bits per heavy atom. The zero-order valence-electron chi connectivity index (χ0n) is 17.7. The summed E-state index contributed by atoms with van der Waals surface area (Å²) >= 11 is 0. The van der Waals surface area contributed by atoms with Crippen LogP contribution in [0.1, 0.15) is 35.1 Å². The van der Waals surface area contributed by atoms with Crippen LogP contribution in [0.15, 0.2) is 67.4 Å². The summed E-state index contributed by atoms with van der Waals surface area (Å²) in [7, 11) is 0. The summed E-state index contributed by atoms with van der Waals surface area (Å²) in [4.78, 5) is 35.4. The van der Waals surface area contributed by atoms with E-state index in [9.17, 15) is 14.7 Å². The number of imidazole rings is 1. The highest BCUT2D eigenvalue weighted by Gasteiger charge is 2.49. The molecule has 2 aromatic carbocycles. The highest BCUT2D eigenvalue weighted by atomic mass is 16.3. The third-order valence-electron chi connectivity index (χ3n) is 6.22. The maximum Gasteiger partial charge on any atom is 0.291 e. The fourth-order valence-corrected chi connectivity index (χ4v) is 4.68. The molecule has 2 atom stereocenters. The minimum Gasteiger partial charge on any atom is -0.508 e. The number of hydrogen-bond donors (Lipinski definition) is 2. The number of nitrogens with zero attached hydrogens (tertiary/aromatic N) is 3. The number of hydrogen-bond acceptors (Lipinski definition) is 4. The van der Waals surface area contributed by atoms with Crippen LogP contribution in [0, 0.1) is 6.92 Å². The van der Waals surface area contributed by atoms with E-state index in [1.807, 2.05) is 36.0 Å². The maximum absolute atomic E-state index is 13.2. The monoisotopic (exact) mass is 428 g/mol. The summed E-state index contributed by atoms with van der Waals surface area (Å²) in [6.07, 6.45) is 7.97. The number of phenolic OH excluding ortho intramolecular Hbond substituents is 1. The minimum atomic E-state index is -0.628. The van der Waals surface area contributed by atoms with Gasteiger partial charge in [0.05, 0.1) is 18.3 Å². The molecule has 2 aromatic heterocycles. The Labute approximate surface area is 185 Å². The molecule has 0 saturated carbocycles. The molecule has 7 nitrogen and oxygen atoms in total.